The lowest BCUT2D eigenvalue weighted by Gasteiger charge is -2.09. The summed E-state index contributed by atoms with van der Waals surface area (Å²) in [6.45, 7) is 8.90. The SMILES string of the molecule is C=C(C)CNC(C)SC. The quantitative estimate of drug-likeness (QED) is 0.478. The molecule has 1 atom stereocenters. The van der Waals surface area contributed by atoms with Crippen molar-refractivity contribution >= 4 is 11.8 Å². The molecule has 54 valence electrons. The molecule has 0 aliphatic heterocycles. The van der Waals surface area contributed by atoms with Crippen LogP contribution in [-0.2, 0) is 0 Å². The normalized spacial score (nSPS) is 13.2. The number of hydrogen-bond acceptors (Lipinski definition) is 2. The molecule has 0 spiro atoms. The molecular weight excluding hydrogens is 130 g/mol. The summed E-state index contributed by atoms with van der Waals surface area (Å²) in [7, 11) is 0. The molecular formula is C7H15NS. The molecule has 0 fully saturated rings. The molecule has 2 heteroatoms. The van der Waals surface area contributed by atoms with Crippen LogP contribution in [0.4, 0.5) is 0 Å². The molecule has 0 heterocycles. The van der Waals surface area contributed by atoms with Crippen molar-refractivity contribution in [1.29, 1.82) is 0 Å². The maximum Gasteiger partial charge on any atom is 0.0503 e. The van der Waals surface area contributed by atoms with E-state index in [0.29, 0.717) is 5.37 Å². The Hall–Kier alpha value is 0.0500. The van der Waals surface area contributed by atoms with Gasteiger partial charge in [0.2, 0.25) is 0 Å². The fourth-order valence-electron chi connectivity index (χ4n) is 0.401. The molecule has 0 aliphatic rings. The molecule has 0 aromatic heterocycles. The molecule has 0 saturated carbocycles. The van der Waals surface area contributed by atoms with Crippen LogP contribution in [0.3, 0.4) is 0 Å². The minimum absolute atomic E-state index is 0.543. The highest BCUT2D eigenvalue weighted by molar-refractivity contribution is 7.99. The molecule has 0 rings (SSSR count). The summed E-state index contributed by atoms with van der Waals surface area (Å²) < 4.78 is 0. The summed E-state index contributed by atoms with van der Waals surface area (Å²) in [6.07, 6.45) is 2.09. The Morgan fingerprint density at radius 1 is 1.78 bits per heavy atom. The molecule has 0 radical (unpaired) electrons. The van der Waals surface area contributed by atoms with E-state index in [1.54, 1.807) is 0 Å². The summed E-state index contributed by atoms with van der Waals surface area (Å²) in [6, 6.07) is 0. The number of hydrogen-bond donors (Lipinski definition) is 1. The van der Waals surface area contributed by atoms with Gasteiger partial charge in [0.15, 0.2) is 0 Å². The van der Waals surface area contributed by atoms with Gasteiger partial charge in [-0.3, -0.25) is 0 Å². The molecule has 0 saturated heterocycles. The van der Waals surface area contributed by atoms with Gasteiger partial charge in [0.25, 0.3) is 0 Å². The van der Waals surface area contributed by atoms with E-state index in [9.17, 15) is 0 Å². The fraction of sp³-hybridized carbons (Fsp3) is 0.714. The van der Waals surface area contributed by atoms with Gasteiger partial charge in [-0.2, -0.15) is 0 Å². The summed E-state index contributed by atoms with van der Waals surface area (Å²) in [5.74, 6) is 0. The Morgan fingerprint density at radius 2 is 2.33 bits per heavy atom. The Kier molecular flexibility index (Phi) is 4.91. The first kappa shape index (κ1) is 9.05. The molecule has 0 aromatic carbocycles. The van der Waals surface area contributed by atoms with Crippen LogP contribution in [-0.4, -0.2) is 18.2 Å². The first-order valence-electron chi connectivity index (χ1n) is 3.07. The molecule has 1 unspecified atom stereocenters. The molecule has 0 amide bonds. The van der Waals surface area contributed by atoms with E-state index in [0.717, 1.165) is 6.54 Å². The summed E-state index contributed by atoms with van der Waals surface area (Å²) >= 11 is 1.81. The van der Waals surface area contributed by atoms with Crippen molar-refractivity contribution in [1.82, 2.24) is 5.32 Å². The monoisotopic (exact) mass is 145 g/mol. The van der Waals surface area contributed by atoms with Gasteiger partial charge in [0.1, 0.15) is 0 Å². The Labute approximate surface area is 61.9 Å². The zero-order chi connectivity index (χ0) is 7.28. The first-order valence-corrected chi connectivity index (χ1v) is 4.36. The van der Waals surface area contributed by atoms with E-state index in [1.165, 1.54) is 5.57 Å². The zero-order valence-electron chi connectivity index (χ0n) is 6.40. The van der Waals surface area contributed by atoms with E-state index in [1.807, 2.05) is 18.7 Å². The van der Waals surface area contributed by atoms with Crippen molar-refractivity contribution in [3.05, 3.63) is 12.2 Å². The van der Waals surface area contributed by atoms with Crippen molar-refractivity contribution in [2.45, 2.75) is 19.2 Å². The van der Waals surface area contributed by atoms with Crippen LogP contribution in [0, 0.1) is 0 Å². The second-order valence-electron chi connectivity index (χ2n) is 2.22. The molecule has 1 N–H and O–H groups in total. The Morgan fingerprint density at radius 3 is 2.67 bits per heavy atom. The standard InChI is InChI=1S/C7H15NS/c1-6(2)5-8-7(3)9-4/h7-8H,1,5H2,2-4H3. The largest absolute Gasteiger partial charge is 0.302 e. The Balaban J connectivity index is 3.16. The highest BCUT2D eigenvalue weighted by Crippen LogP contribution is 2.00. The van der Waals surface area contributed by atoms with Gasteiger partial charge in [0, 0.05) is 6.54 Å². The van der Waals surface area contributed by atoms with Gasteiger partial charge in [0.05, 0.1) is 5.37 Å². The summed E-state index contributed by atoms with van der Waals surface area (Å²) in [5.41, 5.74) is 1.19. The second-order valence-corrected chi connectivity index (χ2v) is 3.39. The molecule has 1 nitrogen and oxygen atoms in total. The van der Waals surface area contributed by atoms with Crippen LogP contribution in [0.15, 0.2) is 12.2 Å². The van der Waals surface area contributed by atoms with E-state index in [-0.39, 0.29) is 0 Å². The molecule has 0 aliphatic carbocycles. The maximum atomic E-state index is 3.79. The van der Waals surface area contributed by atoms with Crippen molar-refractivity contribution in [3.63, 3.8) is 0 Å². The van der Waals surface area contributed by atoms with Crippen LogP contribution in [0.5, 0.6) is 0 Å². The third-order valence-corrected chi connectivity index (χ3v) is 1.92. The number of rotatable bonds is 4. The highest BCUT2D eigenvalue weighted by atomic mass is 32.2. The van der Waals surface area contributed by atoms with Crippen LogP contribution in [0.2, 0.25) is 0 Å². The van der Waals surface area contributed by atoms with Gasteiger partial charge in [-0.25, -0.2) is 0 Å². The van der Waals surface area contributed by atoms with E-state index in [4.69, 9.17) is 0 Å². The minimum atomic E-state index is 0.543. The zero-order valence-corrected chi connectivity index (χ0v) is 7.22. The molecule has 0 bridgehead atoms. The lowest BCUT2D eigenvalue weighted by atomic mass is 10.3. The van der Waals surface area contributed by atoms with E-state index < -0.39 is 0 Å². The van der Waals surface area contributed by atoms with Crippen molar-refractivity contribution in [3.8, 4) is 0 Å². The smallest absolute Gasteiger partial charge is 0.0503 e. The summed E-state index contributed by atoms with van der Waals surface area (Å²) in [4.78, 5) is 0. The van der Waals surface area contributed by atoms with E-state index >= 15 is 0 Å². The highest BCUT2D eigenvalue weighted by Gasteiger charge is 1.94. The van der Waals surface area contributed by atoms with Gasteiger partial charge < -0.3 is 5.32 Å². The van der Waals surface area contributed by atoms with Crippen LogP contribution >= 0.6 is 11.8 Å². The average Bonchev–Trinajstić information content (AvgIpc) is 1.83. The topological polar surface area (TPSA) is 12.0 Å². The van der Waals surface area contributed by atoms with Crippen molar-refractivity contribution in [2.75, 3.05) is 12.8 Å². The maximum absolute atomic E-state index is 3.79. The van der Waals surface area contributed by atoms with Crippen molar-refractivity contribution in [2.24, 2.45) is 0 Å². The van der Waals surface area contributed by atoms with Gasteiger partial charge in [-0.1, -0.05) is 12.2 Å². The fourth-order valence-corrected chi connectivity index (χ4v) is 0.651. The third kappa shape index (κ3) is 5.93. The van der Waals surface area contributed by atoms with Gasteiger partial charge >= 0.3 is 0 Å². The lowest BCUT2D eigenvalue weighted by molar-refractivity contribution is 0.735. The predicted octanol–water partition coefficient (Wildman–Crippen LogP) is 1.86. The number of nitrogens with one attached hydrogen (secondary N) is 1. The van der Waals surface area contributed by atoms with E-state index in [2.05, 4.69) is 25.1 Å². The van der Waals surface area contributed by atoms with Crippen LogP contribution in [0.1, 0.15) is 13.8 Å². The molecule has 0 aromatic rings. The number of thioether (sulfide) groups is 1. The van der Waals surface area contributed by atoms with Crippen molar-refractivity contribution < 1.29 is 0 Å². The minimum Gasteiger partial charge on any atom is -0.302 e. The van der Waals surface area contributed by atoms with Gasteiger partial charge in [-0.05, 0) is 20.1 Å². The van der Waals surface area contributed by atoms with Gasteiger partial charge in [-0.15, -0.1) is 11.8 Å². The first-order chi connectivity index (χ1) is 4.16. The summed E-state index contributed by atoms with van der Waals surface area (Å²) in [5, 5.41) is 3.84. The lowest BCUT2D eigenvalue weighted by Crippen LogP contribution is -2.23. The second kappa shape index (κ2) is 4.89. The van der Waals surface area contributed by atoms with Crippen LogP contribution < -0.4 is 5.32 Å². The third-order valence-electron chi connectivity index (χ3n) is 1.04. The predicted molar refractivity (Wildman–Crippen MR) is 45.8 cm³/mol. The average molecular weight is 145 g/mol. The Bertz CT molecular complexity index is 90.9. The molecule has 9 heavy (non-hydrogen) atoms. The van der Waals surface area contributed by atoms with Crippen LogP contribution in [0.25, 0.3) is 0 Å².